The number of esters is 1. The predicted octanol–water partition coefficient (Wildman–Crippen LogP) is 3.28. The quantitative estimate of drug-likeness (QED) is 0.336. The zero-order valence-corrected chi connectivity index (χ0v) is 13.2. The number of nitrogens with one attached hydrogen (secondary N) is 1. The molecule has 1 rings (SSSR count). The Balaban J connectivity index is 3.36. The minimum atomic E-state index is -0.841. The molecule has 0 amide bonds. The summed E-state index contributed by atoms with van der Waals surface area (Å²) in [6.07, 6.45) is 1.08. The van der Waals surface area contributed by atoms with Crippen molar-refractivity contribution in [2.45, 2.75) is 39.7 Å². The van der Waals surface area contributed by atoms with E-state index in [1.807, 2.05) is 6.92 Å². The van der Waals surface area contributed by atoms with E-state index in [-0.39, 0.29) is 11.3 Å². The molecule has 0 fully saturated rings. The summed E-state index contributed by atoms with van der Waals surface area (Å²) in [5, 5.41) is 25.2. The number of unbranched alkanes of at least 4 members (excludes halogenated alkanes) is 1. The van der Waals surface area contributed by atoms with Gasteiger partial charge in [-0.3, -0.25) is 20.2 Å². The Labute approximate surface area is 132 Å². The van der Waals surface area contributed by atoms with Gasteiger partial charge in [0, 0.05) is 18.7 Å². The zero-order valence-electron chi connectivity index (χ0n) is 13.2. The molecule has 9 heteroatoms. The molecule has 0 spiro atoms. The van der Waals surface area contributed by atoms with Crippen molar-refractivity contribution in [1.29, 1.82) is 0 Å². The summed E-state index contributed by atoms with van der Waals surface area (Å²) >= 11 is 0. The standard InChI is InChI=1S/C14H19N3O6/c1-4-5-6-15-13-11(16(19)20)7-10(8-12(13)17(21)22)14(18)23-9(2)3/h7-9,15H,4-6H2,1-3H3. The number of nitrogens with zero attached hydrogens (tertiary/aromatic N) is 2. The van der Waals surface area contributed by atoms with E-state index >= 15 is 0 Å². The fraction of sp³-hybridized carbons (Fsp3) is 0.500. The van der Waals surface area contributed by atoms with Gasteiger partial charge in [-0.15, -0.1) is 0 Å². The van der Waals surface area contributed by atoms with Crippen LogP contribution in [-0.4, -0.2) is 28.5 Å². The van der Waals surface area contributed by atoms with Gasteiger partial charge < -0.3 is 10.1 Å². The molecule has 0 aliphatic heterocycles. The van der Waals surface area contributed by atoms with Gasteiger partial charge in [0.15, 0.2) is 5.69 Å². The summed E-state index contributed by atoms with van der Waals surface area (Å²) < 4.78 is 4.94. The van der Waals surface area contributed by atoms with Crippen molar-refractivity contribution in [1.82, 2.24) is 0 Å². The van der Waals surface area contributed by atoms with Gasteiger partial charge in [0.2, 0.25) is 0 Å². The monoisotopic (exact) mass is 325 g/mol. The summed E-state index contributed by atoms with van der Waals surface area (Å²) in [7, 11) is 0. The molecule has 0 aliphatic rings. The van der Waals surface area contributed by atoms with Crippen molar-refractivity contribution in [3.05, 3.63) is 37.9 Å². The molecule has 9 nitrogen and oxygen atoms in total. The Morgan fingerprint density at radius 2 is 1.74 bits per heavy atom. The van der Waals surface area contributed by atoms with Crippen LogP contribution in [0.1, 0.15) is 44.0 Å². The van der Waals surface area contributed by atoms with E-state index in [0.717, 1.165) is 18.6 Å². The first kappa shape index (κ1) is 18.3. The average Bonchev–Trinajstić information content (AvgIpc) is 2.45. The molecule has 0 unspecified atom stereocenters. The Bertz CT molecular complexity index is 580. The van der Waals surface area contributed by atoms with Crippen LogP contribution in [-0.2, 0) is 4.74 Å². The lowest BCUT2D eigenvalue weighted by Crippen LogP contribution is -2.13. The average molecular weight is 325 g/mol. The van der Waals surface area contributed by atoms with E-state index in [2.05, 4.69) is 5.32 Å². The molecule has 126 valence electrons. The number of carbonyl (C=O) groups excluding carboxylic acids is 1. The number of rotatable bonds is 8. The van der Waals surface area contributed by atoms with E-state index in [4.69, 9.17) is 4.74 Å². The van der Waals surface area contributed by atoms with Gasteiger partial charge in [-0.2, -0.15) is 0 Å². The first-order valence-electron chi connectivity index (χ1n) is 7.19. The maximum absolute atomic E-state index is 11.9. The largest absolute Gasteiger partial charge is 0.459 e. The van der Waals surface area contributed by atoms with Crippen molar-refractivity contribution < 1.29 is 19.4 Å². The topological polar surface area (TPSA) is 125 Å². The zero-order chi connectivity index (χ0) is 17.6. The van der Waals surface area contributed by atoms with Crippen LogP contribution in [0.5, 0.6) is 0 Å². The Morgan fingerprint density at radius 3 is 2.13 bits per heavy atom. The minimum absolute atomic E-state index is 0.199. The molecule has 1 aromatic rings. The number of benzene rings is 1. The molecule has 0 radical (unpaired) electrons. The summed E-state index contributed by atoms with van der Waals surface area (Å²) in [5.74, 6) is -0.841. The normalized spacial score (nSPS) is 10.4. The molecule has 0 atom stereocenters. The molecule has 0 heterocycles. The number of hydrogen-bond donors (Lipinski definition) is 1. The first-order chi connectivity index (χ1) is 10.8. The van der Waals surface area contributed by atoms with E-state index in [0.29, 0.717) is 13.0 Å². The lowest BCUT2D eigenvalue weighted by Gasteiger charge is -2.11. The molecule has 23 heavy (non-hydrogen) atoms. The van der Waals surface area contributed by atoms with Crippen molar-refractivity contribution in [3.63, 3.8) is 0 Å². The number of carbonyl (C=O) groups is 1. The SMILES string of the molecule is CCCCNc1c([N+](=O)[O-])cc(C(=O)OC(C)C)cc1[N+](=O)[O-]. The maximum atomic E-state index is 11.9. The van der Waals surface area contributed by atoms with Crippen LogP contribution in [0.25, 0.3) is 0 Å². The maximum Gasteiger partial charge on any atom is 0.338 e. The fourth-order valence-electron chi connectivity index (χ4n) is 1.87. The smallest absolute Gasteiger partial charge is 0.338 e. The first-order valence-corrected chi connectivity index (χ1v) is 7.19. The molecular formula is C14H19N3O6. The summed E-state index contributed by atoms with van der Waals surface area (Å²) in [6.45, 7) is 5.51. The summed E-state index contributed by atoms with van der Waals surface area (Å²) in [4.78, 5) is 32.8. The molecule has 0 aliphatic carbocycles. The number of nitro groups is 2. The third-order valence-corrected chi connectivity index (χ3v) is 2.90. The second-order valence-corrected chi connectivity index (χ2v) is 5.14. The Hall–Kier alpha value is -2.71. The van der Waals surface area contributed by atoms with Gasteiger partial charge in [-0.1, -0.05) is 13.3 Å². The van der Waals surface area contributed by atoms with Crippen LogP contribution in [0.2, 0.25) is 0 Å². The third-order valence-electron chi connectivity index (χ3n) is 2.90. The lowest BCUT2D eigenvalue weighted by atomic mass is 10.1. The molecule has 0 bridgehead atoms. The van der Waals surface area contributed by atoms with Crippen molar-refractivity contribution in [2.75, 3.05) is 11.9 Å². The van der Waals surface area contributed by atoms with Gasteiger partial charge in [0.25, 0.3) is 11.4 Å². The molecule has 0 saturated carbocycles. The number of nitro benzene ring substituents is 2. The molecule has 1 aromatic carbocycles. The van der Waals surface area contributed by atoms with E-state index < -0.39 is 33.3 Å². The summed E-state index contributed by atoms with van der Waals surface area (Å²) in [6, 6.07) is 1.98. The van der Waals surface area contributed by atoms with Crippen molar-refractivity contribution in [3.8, 4) is 0 Å². The molecule has 0 aromatic heterocycles. The second-order valence-electron chi connectivity index (χ2n) is 5.14. The van der Waals surface area contributed by atoms with E-state index in [9.17, 15) is 25.0 Å². The van der Waals surface area contributed by atoms with Crippen LogP contribution >= 0.6 is 0 Å². The molecular weight excluding hydrogens is 306 g/mol. The molecule has 1 N–H and O–H groups in total. The third kappa shape index (κ3) is 4.90. The van der Waals surface area contributed by atoms with Crippen molar-refractivity contribution >= 4 is 23.0 Å². The van der Waals surface area contributed by atoms with Crippen LogP contribution < -0.4 is 5.32 Å². The summed E-state index contributed by atoms with van der Waals surface area (Å²) in [5.41, 5.74) is -1.47. The van der Waals surface area contributed by atoms with Crippen LogP contribution in [0.4, 0.5) is 17.1 Å². The van der Waals surface area contributed by atoms with E-state index in [1.54, 1.807) is 13.8 Å². The fourth-order valence-corrected chi connectivity index (χ4v) is 1.87. The highest BCUT2D eigenvalue weighted by molar-refractivity contribution is 5.93. The van der Waals surface area contributed by atoms with Gasteiger partial charge in [0.1, 0.15) is 0 Å². The number of ether oxygens (including phenoxy) is 1. The van der Waals surface area contributed by atoms with Crippen molar-refractivity contribution in [2.24, 2.45) is 0 Å². The van der Waals surface area contributed by atoms with Gasteiger partial charge in [-0.05, 0) is 20.3 Å². The second kappa shape index (κ2) is 8.06. The molecule has 0 saturated heterocycles. The predicted molar refractivity (Wildman–Crippen MR) is 83.7 cm³/mol. The van der Waals surface area contributed by atoms with Crippen LogP contribution in [0.3, 0.4) is 0 Å². The highest BCUT2D eigenvalue weighted by Gasteiger charge is 2.29. The minimum Gasteiger partial charge on any atom is -0.459 e. The number of anilines is 1. The van der Waals surface area contributed by atoms with Crippen LogP contribution in [0.15, 0.2) is 12.1 Å². The Kier molecular flexibility index (Phi) is 6.43. The number of hydrogen-bond acceptors (Lipinski definition) is 7. The highest BCUT2D eigenvalue weighted by atomic mass is 16.6. The Morgan fingerprint density at radius 1 is 1.22 bits per heavy atom. The van der Waals surface area contributed by atoms with E-state index in [1.165, 1.54) is 0 Å². The highest BCUT2D eigenvalue weighted by Crippen LogP contribution is 2.36. The van der Waals surface area contributed by atoms with Gasteiger partial charge >= 0.3 is 5.97 Å². The van der Waals surface area contributed by atoms with Gasteiger partial charge in [-0.25, -0.2) is 4.79 Å². The van der Waals surface area contributed by atoms with Crippen LogP contribution in [0, 0.1) is 20.2 Å². The van der Waals surface area contributed by atoms with Gasteiger partial charge in [0.05, 0.1) is 21.5 Å². The lowest BCUT2D eigenvalue weighted by molar-refractivity contribution is -0.392.